The molecular formula is C8H17N3O. The number of rotatable bonds is 4. The van der Waals surface area contributed by atoms with Gasteiger partial charge in [-0.05, 0) is 25.9 Å². The lowest BCUT2D eigenvalue weighted by molar-refractivity contribution is 0.201. The Morgan fingerprint density at radius 2 is 2.42 bits per heavy atom. The van der Waals surface area contributed by atoms with E-state index in [2.05, 4.69) is 17.1 Å². The average molecular weight is 171 g/mol. The van der Waals surface area contributed by atoms with Crippen LogP contribution >= 0.6 is 0 Å². The van der Waals surface area contributed by atoms with Crippen LogP contribution in [0, 0.1) is 4.91 Å². The van der Waals surface area contributed by atoms with Crippen molar-refractivity contribution in [1.29, 1.82) is 0 Å². The van der Waals surface area contributed by atoms with Crippen molar-refractivity contribution in [1.82, 2.24) is 9.91 Å². The first-order valence-corrected chi connectivity index (χ1v) is 4.56. The van der Waals surface area contributed by atoms with E-state index in [1.54, 1.807) is 7.05 Å². The Balaban J connectivity index is 2.34. The quantitative estimate of drug-likeness (QED) is 0.469. The third-order valence-electron chi connectivity index (χ3n) is 2.52. The van der Waals surface area contributed by atoms with E-state index in [1.165, 1.54) is 24.4 Å². The molecule has 1 rings (SSSR count). The molecule has 1 aliphatic rings. The molecule has 0 saturated carbocycles. The van der Waals surface area contributed by atoms with Gasteiger partial charge in [0.25, 0.3) is 0 Å². The van der Waals surface area contributed by atoms with Crippen molar-refractivity contribution in [2.45, 2.75) is 25.8 Å². The van der Waals surface area contributed by atoms with E-state index in [4.69, 9.17) is 0 Å². The van der Waals surface area contributed by atoms with Crippen molar-refractivity contribution in [2.24, 2.45) is 5.29 Å². The molecule has 0 aromatic rings. The third kappa shape index (κ3) is 2.17. The van der Waals surface area contributed by atoms with Gasteiger partial charge in [-0.15, -0.1) is 4.91 Å². The summed E-state index contributed by atoms with van der Waals surface area (Å²) >= 11 is 0. The lowest BCUT2D eigenvalue weighted by Crippen LogP contribution is -2.36. The van der Waals surface area contributed by atoms with Crippen LogP contribution in [0.5, 0.6) is 0 Å². The zero-order valence-electron chi connectivity index (χ0n) is 7.86. The van der Waals surface area contributed by atoms with Gasteiger partial charge in [0.05, 0.1) is 11.8 Å². The lowest BCUT2D eigenvalue weighted by atomic mass is 10.2. The van der Waals surface area contributed by atoms with Crippen LogP contribution in [0.2, 0.25) is 0 Å². The molecule has 0 spiro atoms. The standard InChI is InChI=1S/C8H17N3O/c1-3-11-6-4-5-8(11)7-10(2)9-12/h8H,3-7H2,1-2H3. The third-order valence-corrected chi connectivity index (χ3v) is 2.52. The molecule has 1 aliphatic heterocycles. The summed E-state index contributed by atoms with van der Waals surface area (Å²) < 4.78 is 0. The summed E-state index contributed by atoms with van der Waals surface area (Å²) in [6, 6.07) is 0.540. The molecule has 0 radical (unpaired) electrons. The van der Waals surface area contributed by atoms with E-state index in [0.717, 1.165) is 13.1 Å². The summed E-state index contributed by atoms with van der Waals surface area (Å²) in [5, 5.41) is 4.36. The minimum atomic E-state index is 0.540. The van der Waals surface area contributed by atoms with Crippen molar-refractivity contribution in [3.05, 3.63) is 4.91 Å². The van der Waals surface area contributed by atoms with Gasteiger partial charge in [0.15, 0.2) is 0 Å². The molecule has 1 atom stereocenters. The van der Waals surface area contributed by atoms with E-state index < -0.39 is 0 Å². The summed E-state index contributed by atoms with van der Waals surface area (Å²) in [5.41, 5.74) is 0. The number of hydrogen-bond acceptors (Lipinski definition) is 3. The molecule has 12 heavy (non-hydrogen) atoms. The van der Waals surface area contributed by atoms with Crippen molar-refractivity contribution >= 4 is 0 Å². The average Bonchev–Trinajstić information content (AvgIpc) is 2.51. The second-order valence-electron chi connectivity index (χ2n) is 3.35. The molecule has 0 bridgehead atoms. The lowest BCUT2D eigenvalue weighted by Gasteiger charge is -2.24. The van der Waals surface area contributed by atoms with Crippen molar-refractivity contribution in [3.63, 3.8) is 0 Å². The summed E-state index contributed by atoms with van der Waals surface area (Å²) in [6.07, 6.45) is 2.46. The first kappa shape index (κ1) is 9.45. The van der Waals surface area contributed by atoms with Gasteiger partial charge < -0.3 is 0 Å². The first-order chi connectivity index (χ1) is 5.77. The topological polar surface area (TPSA) is 35.9 Å². The number of nitrogens with zero attached hydrogens (tertiary/aromatic N) is 3. The molecule has 70 valence electrons. The van der Waals surface area contributed by atoms with Gasteiger partial charge in [0.1, 0.15) is 0 Å². The minimum absolute atomic E-state index is 0.540. The fourth-order valence-corrected chi connectivity index (χ4v) is 1.86. The van der Waals surface area contributed by atoms with E-state index in [9.17, 15) is 4.91 Å². The van der Waals surface area contributed by atoms with E-state index >= 15 is 0 Å². The molecule has 0 aliphatic carbocycles. The number of nitroso groups, excluding NO2 is 1. The Morgan fingerprint density at radius 3 is 3.00 bits per heavy atom. The normalized spacial score (nSPS) is 24.3. The van der Waals surface area contributed by atoms with Crippen LogP contribution in [0.3, 0.4) is 0 Å². The largest absolute Gasteiger partial charge is 0.299 e. The van der Waals surface area contributed by atoms with E-state index in [-0.39, 0.29) is 0 Å². The van der Waals surface area contributed by atoms with Gasteiger partial charge in [0.2, 0.25) is 0 Å². The summed E-state index contributed by atoms with van der Waals surface area (Å²) in [6.45, 7) is 5.19. The van der Waals surface area contributed by atoms with Crippen molar-refractivity contribution in [3.8, 4) is 0 Å². The molecule has 4 nitrogen and oxygen atoms in total. The number of hydrogen-bond donors (Lipinski definition) is 0. The first-order valence-electron chi connectivity index (χ1n) is 4.56. The Labute approximate surface area is 73.5 Å². The van der Waals surface area contributed by atoms with Gasteiger partial charge in [-0.2, -0.15) is 0 Å². The number of likely N-dealkylation sites (tertiary alicyclic amines) is 1. The fourth-order valence-electron chi connectivity index (χ4n) is 1.86. The maximum atomic E-state index is 10.1. The second-order valence-corrected chi connectivity index (χ2v) is 3.35. The van der Waals surface area contributed by atoms with Gasteiger partial charge in [-0.3, -0.25) is 9.91 Å². The molecule has 4 heteroatoms. The highest BCUT2D eigenvalue weighted by molar-refractivity contribution is 4.79. The van der Waals surface area contributed by atoms with E-state index in [1.807, 2.05) is 0 Å². The van der Waals surface area contributed by atoms with Crippen LogP contribution in [0.25, 0.3) is 0 Å². The Morgan fingerprint density at radius 1 is 1.67 bits per heavy atom. The molecule has 0 aromatic heterocycles. The predicted octanol–water partition coefficient (Wildman–Crippen LogP) is 1.08. The van der Waals surface area contributed by atoms with Gasteiger partial charge in [0, 0.05) is 13.1 Å². The zero-order valence-corrected chi connectivity index (χ0v) is 7.86. The van der Waals surface area contributed by atoms with Crippen LogP contribution in [0.1, 0.15) is 19.8 Å². The fraction of sp³-hybridized carbons (Fsp3) is 1.00. The van der Waals surface area contributed by atoms with Gasteiger partial charge >= 0.3 is 0 Å². The molecule has 1 unspecified atom stereocenters. The smallest absolute Gasteiger partial charge is 0.0544 e. The second kappa shape index (κ2) is 4.40. The molecule has 1 saturated heterocycles. The molecule has 1 fully saturated rings. The highest BCUT2D eigenvalue weighted by Gasteiger charge is 2.23. The summed E-state index contributed by atoms with van der Waals surface area (Å²) in [4.78, 5) is 12.5. The summed E-state index contributed by atoms with van der Waals surface area (Å²) in [5.74, 6) is 0. The van der Waals surface area contributed by atoms with Crippen molar-refractivity contribution < 1.29 is 0 Å². The highest BCUT2D eigenvalue weighted by Crippen LogP contribution is 2.16. The zero-order chi connectivity index (χ0) is 8.97. The predicted molar refractivity (Wildman–Crippen MR) is 48.7 cm³/mol. The summed E-state index contributed by atoms with van der Waals surface area (Å²) in [7, 11) is 1.74. The van der Waals surface area contributed by atoms with Gasteiger partial charge in [-0.25, -0.2) is 0 Å². The maximum absolute atomic E-state index is 10.1. The maximum Gasteiger partial charge on any atom is 0.0544 e. The van der Waals surface area contributed by atoms with Crippen LogP contribution < -0.4 is 0 Å². The van der Waals surface area contributed by atoms with Crippen molar-refractivity contribution in [2.75, 3.05) is 26.7 Å². The molecule has 0 aromatic carbocycles. The van der Waals surface area contributed by atoms with Crippen LogP contribution in [0.4, 0.5) is 0 Å². The molecule has 0 N–H and O–H groups in total. The van der Waals surface area contributed by atoms with Crippen LogP contribution in [0.15, 0.2) is 5.29 Å². The monoisotopic (exact) mass is 171 g/mol. The number of likely N-dealkylation sites (N-methyl/N-ethyl adjacent to an activating group) is 2. The van der Waals surface area contributed by atoms with Gasteiger partial charge in [-0.1, -0.05) is 6.92 Å². The van der Waals surface area contributed by atoms with E-state index in [0.29, 0.717) is 6.04 Å². The SMILES string of the molecule is CCN1CCCC1CN(C)N=O. The Hall–Kier alpha value is -0.640. The Kier molecular flexibility index (Phi) is 3.47. The minimum Gasteiger partial charge on any atom is -0.299 e. The molecule has 0 amide bonds. The highest BCUT2D eigenvalue weighted by atomic mass is 16.3. The van der Waals surface area contributed by atoms with Crippen LogP contribution in [-0.2, 0) is 0 Å². The Bertz CT molecular complexity index is 151. The molecular weight excluding hydrogens is 154 g/mol. The molecule has 1 heterocycles. The van der Waals surface area contributed by atoms with Crippen LogP contribution in [-0.4, -0.2) is 42.6 Å².